The molecule has 4 atom stereocenters. The van der Waals surface area contributed by atoms with Gasteiger partial charge in [-0.25, -0.2) is 0 Å². The van der Waals surface area contributed by atoms with Crippen molar-refractivity contribution in [3.8, 4) is 5.75 Å². The number of ether oxygens (including phenoxy) is 2. The average Bonchev–Trinajstić information content (AvgIpc) is 3.13. The molecule has 0 aliphatic heterocycles. The number of carbonyl (C=O) groups excluding carboxylic acids is 1. The Morgan fingerprint density at radius 1 is 1.06 bits per heavy atom. The molecule has 0 radical (unpaired) electrons. The number of hydrogen-bond donors (Lipinski definition) is 1. The molecule has 0 heterocycles. The predicted octanol–water partition coefficient (Wildman–Crippen LogP) is 6.41. The number of fused-ring (bicyclic) bond motifs is 2. The van der Waals surface area contributed by atoms with E-state index in [1.165, 1.54) is 56.1 Å². The fourth-order valence-electron chi connectivity index (χ4n) is 5.22. The van der Waals surface area contributed by atoms with Crippen molar-refractivity contribution < 1.29 is 19.4 Å². The lowest BCUT2D eigenvalue weighted by atomic mass is 9.73. The first-order chi connectivity index (χ1) is 15.7. The molecule has 184 valence electrons. The van der Waals surface area contributed by atoms with Gasteiger partial charge in [-0.1, -0.05) is 71.4 Å². The van der Waals surface area contributed by atoms with Crippen LogP contribution in [0, 0.1) is 17.8 Å². The summed E-state index contributed by atoms with van der Waals surface area (Å²) in [7, 11) is 1.68. The van der Waals surface area contributed by atoms with Crippen molar-refractivity contribution in [1.29, 1.82) is 0 Å². The molecule has 0 aromatic heterocycles. The maximum atomic E-state index is 10.7. The summed E-state index contributed by atoms with van der Waals surface area (Å²) in [5.41, 5.74) is 2.62. The van der Waals surface area contributed by atoms with Crippen molar-refractivity contribution >= 4 is 6.29 Å². The molecule has 2 aliphatic carbocycles. The van der Waals surface area contributed by atoms with Crippen molar-refractivity contribution in [3.63, 3.8) is 0 Å². The number of unbranched alkanes of at least 4 members (excludes halogenated alkanes) is 5. The fourth-order valence-corrected chi connectivity index (χ4v) is 5.22. The highest BCUT2D eigenvalue weighted by Crippen LogP contribution is 2.48. The lowest BCUT2D eigenvalue weighted by Crippen LogP contribution is -2.27. The van der Waals surface area contributed by atoms with Gasteiger partial charge in [-0.15, -0.1) is 0 Å². The standard InChI is InChI=1S/C23H34O3.C3H8O.C2H6/c1-2-3-4-5-6-7-10-19-20-14-17-9-8-11-23(26-13-12-24)21(17)15-18(20)16-22(19)25;1-3-4-2;1-2/h8-9,11-12,18-20,22,25H,2-7,10,13-16H2,1H3;3H2,1-2H3;1-2H3/t18-,19?,20-,22+;;/m0../s1. The Labute approximate surface area is 197 Å². The molecule has 32 heavy (non-hydrogen) atoms. The van der Waals surface area contributed by atoms with E-state index in [-0.39, 0.29) is 12.7 Å². The van der Waals surface area contributed by atoms with E-state index in [4.69, 9.17) is 4.74 Å². The normalized spacial score (nSPS) is 23.1. The van der Waals surface area contributed by atoms with Crippen LogP contribution in [0.1, 0.15) is 90.2 Å². The Bertz CT molecular complexity index is 613. The number of benzene rings is 1. The van der Waals surface area contributed by atoms with Crippen LogP contribution in [0.4, 0.5) is 0 Å². The summed E-state index contributed by atoms with van der Waals surface area (Å²) in [5, 5.41) is 10.7. The van der Waals surface area contributed by atoms with Crippen molar-refractivity contribution in [2.24, 2.45) is 17.8 Å². The van der Waals surface area contributed by atoms with Crippen LogP contribution in [-0.4, -0.2) is 37.8 Å². The number of aliphatic hydroxyl groups is 1. The molecule has 1 aromatic rings. The number of carbonyl (C=O) groups is 1. The van der Waals surface area contributed by atoms with Crippen molar-refractivity contribution in [2.45, 2.75) is 98.0 Å². The molecule has 0 bridgehead atoms. The second-order valence-corrected chi connectivity index (χ2v) is 8.80. The smallest absolute Gasteiger partial charge is 0.157 e. The van der Waals surface area contributed by atoms with Gasteiger partial charge in [0.1, 0.15) is 12.4 Å². The van der Waals surface area contributed by atoms with Crippen LogP contribution in [-0.2, 0) is 22.4 Å². The lowest BCUT2D eigenvalue weighted by Gasteiger charge is -2.32. The topological polar surface area (TPSA) is 55.8 Å². The maximum absolute atomic E-state index is 10.7. The molecule has 2 aliphatic rings. The summed E-state index contributed by atoms with van der Waals surface area (Å²) in [5.74, 6) is 2.49. The molecule has 4 heteroatoms. The van der Waals surface area contributed by atoms with E-state index in [2.05, 4.69) is 17.7 Å². The van der Waals surface area contributed by atoms with Gasteiger partial charge in [-0.2, -0.15) is 0 Å². The Morgan fingerprint density at radius 2 is 1.75 bits per heavy atom. The molecule has 1 N–H and O–H groups in total. The quantitative estimate of drug-likeness (QED) is 0.314. The second-order valence-electron chi connectivity index (χ2n) is 8.80. The van der Waals surface area contributed by atoms with Gasteiger partial charge in [0, 0.05) is 13.7 Å². The molecule has 0 saturated heterocycles. The zero-order valence-electron chi connectivity index (χ0n) is 21.3. The maximum Gasteiger partial charge on any atom is 0.157 e. The Morgan fingerprint density at radius 3 is 2.41 bits per heavy atom. The third-order valence-electron chi connectivity index (χ3n) is 6.83. The predicted molar refractivity (Wildman–Crippen MR) is 133 cm³/mol. The largest absolute Gasteiger partial charge is 0.486 e. The Kier molecular flexibility index (Phi) is 15.3. The number of aldehydes is 1. The van der Waals surface area contributed by atoms with E-state index in [9.17, 15) is 9.90 Å². The molecule has 0 amide bonds. The van der Waals surface area contributed by atoms with E-state index in [1.807, 2.05) is 32.9 Å². The first kappa shape index (κ1) is 28.6. The van der Waals surface area contributed by atoms with E-state index in [0.717, 1.165) is 37.9 Å². The van der Waals surface area contributed by atoms with Gasteiger partial charge in [-0.05, 0) is 67.6 Å². The van der Waals surface area contributed by atoms with Crippen LogP contribution in [0.2, 0.25) is 0 Å². The van der Waals surface area contributed by atoms with E-state index >= 15 is 0 Å². The van der Waals surface area contributed by atoms with Gasteiger partial charge < -0.3 is 14.6 Å². The highest BCUT2D eigenvalue weighted by molar-refractivity contribution is 5.52. The van der Waals surface area contributed by atoms with Crippen molar-refractivity contribution in [2.75, 3.05) is 20.3 Å². The molecule has 1 aromatic carbocycles. The number of aliphatic hydroxyl groups excluding tert-OH is 1. The minimum Gasteiger partial charge on any atom is -0.486 e. The minimum absolute atomic E-state index is 0.119. The summed E-state index contributed by atoms with van der Waals surface area (Å²) < 4.78 is 10.2. The molecule has 1 saturated carbocycles. The Hall–Kier alpha value is -1.39. The van der Waals surface area contributed by atoms with E-state index < -0.39 is 0 Å². The van der Waals surface area contributed by atoms with Crippen LogP contribution < -0.4 is 4.74 Å². The molecule has 0 spiro atoms. The minimum atomic E-state index is -0.144. The first-order valence-corrected chi connectivity index (χ1v) is 13.0. The zero-order chi connectivity index (χ0) is 23.8. The molecule has 4 nitrogen and oxygen atoms in total. The SMILES string of the molecule is CC.CCCCCCCCC1[C@H](O)C[C@@H]2Cc3c(cccc3OCC=O)C[C@H]12.CCOC. The summed E-state index contributed by atoms with van der Waals surface area (Å²) in [6, 6.07) is 6.21. The average molecular weight is 449 g/mol. The molecule has 3 rings (SSSR count). The highest BCUT2D eigenvalue weighted by atomic mass is 16.5. The Balaban J connectivity index is 0.000000769. The van der Waals surface area contributed by atoms with Gasteiger partial charge >= 0.3 is 0 Å². The van der Waals surface area contributed by atoms with Crippen LogP contribution in [0.25, 0.3) is 0 Å². The van der Waals surface area contributed by atoms with Crippen molar-refractivity contribution in [3.05, 3.63) is 29.3 Å². The van der Waals surface area contributed by atoms with Crippen LogP contribution in [0.5, 0.6) is 5.75 Å². The number of rotatable bonds is 11. The van der Waals surface area contributed by atoms with Crippen LogP contribution in [0.3, 0.4) is 0 Å². The highest BCUT2D eigenvalue weighted by Gasteiger charge is 2.44. The first-order valence-electron chi connectivity index (χ1n) is 13.0. The summed E-state index contributed by atoms with van der Waals surface area (Å²) >= 11 is 0. The number of methoxy groups -OCH3 is 1. The summed E-state index contributed by atoms with van der Waals surface area (Å²) in [6.07, 6.45) is 12.7. The second kappa shape index (κ2) is 17.1. The van der Waals surface area contributed by atoms with Gasteiger partial charge in [0.05, 0.1) is 6.10 Å². The molecule has 1 fully saturated rings. The van der Waals surface area contributed by atoms with Gasteiger partial charge in [0.15, 0.2) is 6.29 Å². The summed E-state index contributed by atoms with van der Waals surface area (Å²) in [6.45, 7) is 9.15. The monoisotopic (exact) mass is 448 g/mol. The third-order valence-corrected chi connectivity index (χ3v) is 6.83. The van der Waals surface area contributed by atoms with Gasteiger partial charge in [0.25, 0.3) is 0 Å². The lowest BCUT2D eigenvalue weighted by molar-refractivity contribution is -0.109. The molecule has 1 unspecified atom stereocenters. The van der Waals surface area contributed by atoms with E-state index in [0.29, 0.717) is 17.8 Å². The zero-order valence-corrected chi connectivity index (χ0v) is 21.3. The van der Waals surface area contributed by atoms with Crippen molar-refractivity contribution in [1.82, 2.24) is 0 Å². The molecular weight excluding hydrogens is 400 g/mol. The van der Waals surface area contributed by atoms with Crippen LogP contribution in [0.15, 0.2) is 18.2 Å². The van der Waals surface area contributed by atoms with Gasteiger partial charge in [0.2, 0.25) is 0 Å². The van der Waals surface area contributed by atoms with Crippen LogP contribution >= 0.6 is 0 Å². The molecular formula is C28H48O4. The fraction of sp³-hybridized carbons (Fsp3) is 0.750. The third kappa shape index (κ3) is 8.86. The van der Waals surface area contributed by atoms with E-state index in [1.54, 1.807) is 7.11 Å². The number of hydrogen-bond acceptors (Lipinski definition) is 4. The summed E-state index contributed by atoms with van der Waals surface area (Å²) in [4.78, 5) is 10.6. The van der Waals surface area contributed by atoms with Gasteiger partial charge in [-0.3, -0.25) is 4.79 Å².